The summed E-state index contributed by atoms with van der Waals surface area (Å²) in [5.41, 5.74) is 1.87. The van der Waals surface area contributed by atoms with Gasteiger partial charge in [-0.3, -0.25) is 4.79 Å². The van der Waals surface area contributed by atoms with Gasteiger partial charge in [0.1, 0.15) is 0 Å². The van der Waals surface area contributed by atoms with E-state index in [1.54, 1.807) is 13.2 Å². The zero-order chi connectivity index (χ0) is 21.8. The number of hydrogen-bond acceptors (Lipinski definition) is 5. The van der Waals surface area contributed by atoms with Gasteiger partial charge in [-0.25, -0.2) is 0 Å². The molecule has 1 atom stereocenters. The average Bonchev–Trinajstić information content (AvgIpc) is 3.25. The van der Waals surface area contributed by atoms with Crippen molar-refractivity contribution in [3.8, 4) is 11.5 Å². The molecular formula is C25H38O5. The predicted molar refractivity (Wildman–Crippen MR) is 119 cm³/mol. The van der Waals surface area contributed by atoms with E-state index < -0.39 is 0 Å². The number of rotatable bonds is 14. The van der Waals surface area contributed by atoms with Crippen LogP contribution >= 0.6 is 0 Å². The largest absolute Gasteiger partial charge is 0.504 e. The quantitative estimate of drug-likeness (QED) is 0.336. The molecule has 0 bridgehead atoms. The number of ketones is 1. The van der Waals surface area contributed by atoms with Crippen molar-refractivity contribution in [2.24, 2.45) is 5.92 Å². The lowest BCUT2D eigenvalue weighted by molar-refractivity contribution is -0.114. The summed E-state index contributed by atoms with van der Waals surface area (Å²) in [5.74, 6) is 1.09. The van der Waals surface area contributed by atoms with Gasteiger partial charge in [-0.2, -0.15) is 0 Å². The van der Waals surface area contributed by atoms with Crippen LogP contribution in [0.15, 0.2) is 24.3 Å². The second kappa shape index (κ2) is 13.5. The number of aromatic hydroxyl groups is 1. The molecule has 0 heterocycles. The van der Waals surface area contributed by atoms with Gasteiger partial charge in [-0.1, -0.05) is 19.1 Å². The Kier molecular flexibility index (Phi) is 11.0. The van der Waals surface area contributed by atoms with Crippen molar-refractivity contribution in [1.29, 1.82) is 0 Å². The molecule has 1 fully saturated rings. The highest BCUT2D eigenvalue weighted by molar-refractivity contribution is 5.89. The van der Waals surface area contributed by atoms with Crippen LogP contribution in [0.5, 0.6) is 11.5 Å². The van der Waals surface area contributed by atoms with Gasteiger partial charge in [0.2, 0.25) is 0 Å². The van der Waals surface area contributed by atoms with Crippen LogP contribution in [0.2, 0.25) is 0 Å². The molecule has 0 aromatic heterocycles. The molecule has 5 heteroatoms. The summed E-state index contributed by atoms with van der Waals surface area (Å²) in [6.07, 6.45) is 12.3. The standard InChI is InChI=1S/C25H38O5/c1-3-19(14-15-26)10-12-22(27)13-11-20-17-21(7-6-16-29-2)25(28)24(18-20)30-23-8-4-5-9-23/h10,12,17-19,23,26,28H,3-9,11,13-16H2,1-2H3/t19-/m1/s1. The lowest BCUT2D eigenvalue weighted by Crippen LogP contribution is -2.12. The fourth-order valence-electron chi connectivity index (χ4n) is 3.94. The first-order valence-corrected chi connectivity index (χ1v) is 11.4. The lowest BCUT2D eigenvalue weighted by atomic mass is 9.99. The zero-order valence-electron chi connectivity index (χ0n) is 18.6. The molecule has 30 heavy (non-hydrogen) atoms. The van der Waals surface area contributed by atoms with Crippen LogP contribution in [0.25, 0.3) is 0 Å². The van der Waals surface area contributed by atoms with Gasteiger partial charge in [-0.15, -0.1) is 0 Å². The van der Waals surface area contributed by atoms with E-state index in [4.69, 9.17) is 14.6 Å². The molecule has 0 unspecified atom stereocenters. The highest BCUT2D eigenvalue weighted by Gasteiger charge is 2.20. The van der Waals surface area contributed by atoms with Gasteiger partial charge in [0, 0.05) is 26.7 Å². The van der Waals surface area contributed by atoms with Crippen molar-refractivity contribution in [3.05, 3.63) is 35.4 Å². The van der Waals surface area contributed by atoms with Crippen LogP contribution in [0.1, 0.15) is 69.4 Å². The van der Waals surface area contributed by atoms with E-state index in [9.17, 15) is 9.90 Å². The van der Waals surface area contributed by atoms with Crippen molar-refractivity contribution in [3.63, 3.8) is 0 Å². The molecule has 1 aromatic rings. The van der Waals surface area contributed by atoms with Crippen molar-refractivity contribution >= 4 is 5.78 Å². The smallest absolute Gasteiger partial charge is 0.161 e. The predicted octanol–water partition coefficient (Wildman–Crippen LogP) is 4.76. The van der Waals surface area contributed by atoms with Gasteiger partial charge in [0.05, 0.1) is 6.10 Å². The molecule has 0 spiro atoms. The number of phenolic OH excluding ortho intramolecular Hbond substituents is 1. The normalized spacial score (nSPS) is 15.7. The van der Waals surface area contributed by atoms with E-state index in [1.807, 2.05) is 18.2 Å². The maximum Gasteiger partial charge on any atom is 0.161 e. The Labute approximate surface area is 181 Å². The Balaban J connectivity index is 2.06. The van der Waals surface area contributed by atoms with Crippen LogP contribution in [0.4, 0.5) is 0 Å². The van der Waals surface area contributed by atoms with E-state index in [-0.39, 0.29) is 30.2 Å². The Bertz CT molecular complexity index is 676. The number of hydrogen-bond donors (Lipinski definition) is 2. The summed E-state index contributed by atoms with van der Waals surface area (Å²) < 4.78 is 11.3. The number of carbonyl (C=O) groups excluding carboxylic acids is 1. The number of aryl methyl sites for hydroxylation is 2. The zero-order valence-corrected chi connectivity index (χ0v) is 18.6. The van der Waals surface area contributed by atoms with Crippen molar-refractivity contribution < 1.29 is 24.5 Å². The first kappa shape index (κ1) is 24.4. The van der Waals surface area contributed by atoms with Gasteiger partial charge in [0.15, 0.2) is 17.3 Å². The molecule has 2 N–H and O–H groups in total. The molecule has 0 saturated heterocycles. The number of ether oxygens (including phenoxy) is 2. The molecule has 168 valence electrons. The number of carbonyl (C=O) groups is 1. The molecular weight excluding hydrogens is 380 g/mol. The monoisotopic (exact) mass is 418 g/mol. The second-order valence-electron chi connectivity index (χ2n) is 8.23. The van der Waals surface area contributed by atoms with E-state index in [2.05, 4.69) is 6.92 Å². The number of aliphatic hydroxyl groups excluding tert-OH is 1. The van der Waals surface area contributed by atoms with Crippen LogP contribution in [0.3, 0.4) is 0 Å². The molecule has 0 amide bonds. The van der Waals surface area contributed by atoms with Crippen LogP contribution in [-0.4, -0.2) is 42.4 Å². The fraction of sp³-hybridized carbons (Fsp3) is 0.640. The highest BCUT2D eigenvalue weighted by Crippen LogP contribution is 2.36. The summed E-state index contributed by atoms with van der Waals surface area (Å²) in [6.45, 7) is 2.83. The van der Waals surface area contributed by atoms with Gasteiger partial charge >= 0.3 is 0 Å². The van der Waals surface area contributed by atoms with Crippen LogP contribution in [-0.2, 0) is 22.4 Å². The van der Waals surface area contributed by atoms with Gasteiger partial charge in [0.25, 0.3) is 0 Å². The Morgan fingerprint density at radius 2 is 2.03 bits per heavy atom. The van der Waals surface area contributed by atoms with Gasteiger partial charge < -0.3 is 19.7 Å². The number of methoxy groups -OCH3 is 1. The molecule has 5 nitrogen and oxygen atoms in total. The molecule has 1 saturated carbocycles. The van der Waals surface area contributed by atoms with Crippen molar-refractivity contribution in [1.82, 2.24) is 0 Å². The third-order valence-electron chi connectivity index (χ3n) is 5.84. The van der Waals surface area contributed by atoms with E-state index in [0.29, 0.717) is 38.0 Å². The maximum absolute atomic E-state index is 12.3. The lowest BCUT2D eigenvalue weighted by Gasteiger charge is -2.18. The summed E-state index contributed by atoms with van der Waals surface area (Å²) in [6, 6.07) is 3.88. The minimum atomic E-state index is 0.0821. The molecule has 1 aliphatic carbocycles. The Hall–Kier alpha value is -1.85. The fourth-order valence-corrected chi connectivity index (χ4v) is 3.94. The number of allylic oxidation sites excluding steroid dienone is 2. The second-order valence-corrected chi connectivity index (χ2v) is 8.23. The number of benzene rings is 1. The van der Waals surface area contributed by atoms with E-state index >= 15 is 0 Å². The van der Waals surface area contributed by atoms with Crippen molar-refractivity contribution in [2.75, 3.05) is 20.3 Å². The maximum atomic E-state index is 12.3. The third-order valence-corrected chi connectivity index (χ3v) is 5.84. The minimum absolute atomic E-state index is 0.0821. The summed E-state index contributed by atoms with van der Waals surface area (Å²) in [5, 5.41) is 19.8. The molecule has 1 aliphatic rings. The molecule has 2 rings (SSSR count). The summed E-state index contributed by atoms with van der Waals surface area (Å²) in [7, 11) is 1.67. The number of phenols is 1. The Morgan fingerprint density at radius 1 is 1.27 bits per heavy atom. The first-order chi connectivity index (χ1) is 14.6. The van der Waals surface area contributed by atoms with E-state index in [1.165, 1.54) is 12.8 Å². The van der Waals surface area contributed by atoms with Gasteiger partial charge in [-0.05, 0) is 87.0 Å². The summed E-state index contributed by atoms with van der Waals surface area (Å²) in [4.78, 5) is 12.3. The van der Waals surface area contributed by atoms with Crippen LogP contribution in [0, 0.1) is 5.92 Å². The first-order valence-electron chi connectivity index (χ1n) is 11.4. The Morgan fingerprint density at radius 3 is 2.70 bits per heavy atom. The minimum Gasteiger partial charge on any atom is -0.504 e. The highest BCUT2D eigenvalue weighted by atomic mass is 16.5. The SMILES string of the molecule is CC[C@H](C=CC(=O)CCc1cc(CCCOC)c(O)c(OC2CCCC2)c1)CCO. The third kappa shape index (κ3) is 8.11. The average molecular weight is 419 g/mol. The molecule has 0 radical (unpaired) electrons. The molecule has 1 aromatic carbocycles. The van der Waals surface area contributed by atoms with Crippen molar-refractivity contribution in [2.45, 2.75) is 77.2 Å². The van der Waals surface area contributed by atoms with E-state index in [0.717, 1.165) is 36.8 Å². The van der Waals surface area contributed by atoms with Crippen LogP contribution < -0.4 is 4.74 Å². The topological polar surface area (TPSA) is 76.0 Å². The number of aliphatic hydroxyl groups is 1. The molecule has 0 aliphatic heterocycles. The summed E-state index contributed by atoms with van der Waals surface area (Å²) >= 11 is 0.